The van der Waals surface area contributed by atoms with Crippen molar-refractivity contribution in [3.8, 4) is 5.75 Å². The number of ether oxygens (including phenoxy) is 1. The van der Waals surface area contributed by atoms with Gasteiger partial charge in [-0.1, -0.05) is 43.3 Å². The smallest absolute Gasteiger partial charge is 0.131 e. The first kappa shape index (κ1) is 14.5. The third-order valence-electron chi connectivity index (χ3n) is 3.19. The van der Waals surface area contributed by atoms with E-state index in [-0.39, 0.29) is 11.9 Å². The van der Waals surface area contributed by atoms with Gasteiger partial charge in [-0.2, -0.15) is 0 Å². The minimum Gasteiger partial charge on any atom is -0.488 e. The van der Waals surface area contributed by atoms with E-state index in [4.69, 9.17) is 4.74 Å². The third kappa shape index (κ3) is 3.58. The zero-order valence-electron chi connectivity index (χ0n) is 11.9. The van der Waals surface area contributed by atoms with Gasteiger partial charge in [-0.15, -0.1) is 0 Å². The van der Waals surface area contributed by atoms with Crippen LogP contribution in [0.1, 0.15) is 31.0 Å². The summed E-state index contributed by atoms with van der Waals surface area (Å²) in [6, 6.07) is 14.8. The van der Waals surface area contributed by atoms with Gasteiger partial charge in [0.1, 0.15) is 18.2 Å². The number of halogens is 1. The van der Waals surface area contributed by atoms with Crippen molar-refractivity contribution in [2.45, 2.75) is 26.5 Å². The Morgan fingerprint density at radius 2 is 1.85 bits per heavy atom. The molecule has 0 saturated carbocycles. The van der Waals surface area contributed by atoms with Crippen LogP contribution in [-0.2, 0) is 6.61 Å². The maximum absolute atomic E-state index is 14.0. The van der Waals surface area contributed by atoms with Gasteiger partial charge in [0.05, 0.1) is 0 Å². The molecule has 0 bridgehead atoms. The lowest BCUT2D eigenvalue weighted by Crippen LogP contribution is -2.19. The van der Waals surface area contributed by atoms with E-state index in [9.17, 15) is 4.39 Å². The summed E-state index contributed by atoms with van der Waals surface area (Å²) in [5.41, 5.74) is 1.66. The Balaban J connectivity index is 2.17. The Morgan fingerprint density at radius 1 is 1.10 bits per heavy atom. The number of hydrogen-bond acceptors (Lipinski definition) is 2. The van der Waals surface area contributed by atoms with Gasteiger partial charge in [-0.3, -0.25) is 0 Å². The van der Waals surface area contributed by atoms with Crippen LogP contribution < -0.4 is 10.1 Å². The zero-order chi connectivity index (χ0) is 14.4. The van der Waals surface area contributed by atoms with E-state index in [0.29, 0.717) is 17.9 Å². The van der Waals surface area contributed by atoms with Crippen LogP contribution in [0.25, 0.3) is 0 Å². The molecule has 2 rings (SSSR count). The molecule has 106 valence electrons. The summed E-state index contributed by atoms with van der Waals surface area (Å²) in [7, 11) is 0. The number of benzene rings is 2. The van der Waals surface area contributed by atoms with Crippen LogP contribution in [0.4, 0.5) is 4.39 Å². The van der Waals surface area contributed by atoms with Gasteiger partial charge < -0.3 is 10.1 Å². The molecule has 0 saturated heterocycles. The van der Waals surface area contributed by atoms with E-state index < -0.39 is 0 Å². The molecule has 0 aromatic heterocycles. The van der Waals surface area contributed by atoms with E-state index in [1.807, 2.05) is 50.2 Å². The molecular formula is C17H20FNO. The summed E-state index contributed by atoms with van der Waals surface area (Å²) in [5, 5.41) is 3.22. The molecule has 1 N–H and O–H groups in total. The fraction of sp³-hybridized carbons (Fsp3) is 0.294. The lowest BCUT2D eigenvalue weighted by Gasteiger charge is -2.18. The Bertz CT molecular complexity index is 542. The summed E-state index contributed by atoms with van der Waals surface area (Å²) >= 11 is 0. The first-order valence-electron chi connectivity index (χ1n) is 6.91. The lowest BCUT2D eigenvalue weighted by molar-refractivity contribution is 0.297. The van der Waals surface area contributed by atoms with E-state index in [0.717, 1.165) is 12.1 Å². The largest absolute Gasteiger partial charge is 0.488 e. The Hall–Kier alpha value is -1.87. The molecule has 0 aliphatic carbocycles. The molecule has 0 aliphatic rings. The van der Waals surface area contributed by atoms with Gasteiger partial charge in [-0.05, 0) is 31.2 Å². The van der Waals surface area contributed by atoms with E-state index in [2.05, 4.69) is 5.32 Å². The second-order valence-corrected chi connectivity index (χ2v) is 4.71. The molecule has 0 amide bonds. The zero-order valence-corrected chi connectivity index (χ0v) is 11.9. The van der Waals surface area contributed by atoms with Gasteiger partial charge in [0, 0.05) is 11.6 Å². The molecule has 0 radical (unpaired) electrons. The number of hydrogen-bond donors (Lipinski definition) is 1. The van der Waals surface area contributed by atoms with Gasteiger partial charge in [0.25, 0.3) is 0 Å². The van der Waals surface area contributed by atoms with Crippen molar-refractivity contribution in [2.75, 3.05) is 6.54 Å². The van der Waals surface area contributed by atoms with Crippen molar-refractivity contribution in [1.82, 2.24) is 5.32 Å². The molecule has 0 heterocycles. The average molecular weight is 273 g/mol. The second-order valence-electron chi connectivity index (χ2n) is 4.71. The fourth-order valence-corrected chi connectivity index (χ4v) is 2.21. The molecule has 1 atom stereocenters. The summed E-state index contributed by atoms with van der Waals surface area (Å²) in [4.78, 5) is 0. The van der Waals surface area contributed by atoms with E-state index >= 15 is 0 Å². The average Bonchev–Trinajstić information content (AvgIpc) is 2.46. The summed E-state index contributed by atoms with van der Waals surface area (Å²) in [6.07, 6.45) is 0. The van der Waals surface area contributed by atoms with Crippen molar-refractivity contribution in [2.24, 2.45) is 0 Å². The molecule has 1 unspecified atom stereocenters. The van der Waals surface area contributed by atoms with Crippen LogP contribution in [-0.4, -0.2) is 6.54 Å². The van der Waals surface area contributed by atoms with E-state index in [1.165, 1.54) is 6.07 Å². The quantitative estimate of drug-likeness (QED) is 0.856. The van der Waals surface area contributed by atoms with Crippen LogP contribution in [0.2, 0.25) is 0 Å². The van der Waals surface area contributed by atoms with Gasteiger partial charge in [-0.25, -0.2) is 4.39 Å². The highest BCUT2D eigenvalue weighted by atomic mass is 19.1. The standard InChI is InChI=1S/C17H20FNO/c1-3-19-13(2)17-15(18)10-7-11-16(17)20-12-14-8-5-4-6-9-14/h4-11,13,19H,3,12H2,1-2H3. The normalized spacial score (nSPS) is 12.2. The van der Waals surface area contributed by atoms with Crippen LogP contribution in [0.3, 0.4) is 0 Å². The summed E-state index contributed by atoms with van der Waals surface area (Å²) in [6.45, 7) is 5.17. The van der Waals surface area contributed by atoms with Crippen LogP contribution in [0, 0.1) is 5.82 Å². The van der Waals surface area contributed by atoms with Crippen molar-refractivity contribution < 1.29 is 9.13 Å². The molecule has 0 aliphatic heterocycles. The summed E-state index contributed by atoms with van der Waals surface area (Å²) in [5.74, 6) is 0.367. The van der Waals surface area contributed by atoms with Gasteiger partial charge in [0.2, 0.25) is 0 Å². The maximum atomic E-state index is 14.0. The van der Waals surface area contributed by atoms with Crippen molar-refractivity contribution in [3.05, 3.63) is 65.5 Å². The highest BCUT2D eigenvalue weighted by Crippen LogP contribution is 2.28. The van der Waals surface area contributed by atoms with E-state index in [1.54, 1.807) is 6.07 Å². The molecule has 3 heteroatoms. The van der Waals surface area contributed by atoms with Crippen molar-refractivity contribution in [1.29, 1.82) is 0 Å². The maximum Gasteiger partial charge on any atom is 0.131 e. The number of nitrogens with one attached hydrogen (secondary N) is 1. The highest BCUT2D eigenvalue weighted by Gasteiger charge is 2.15. The molecule has 0 spiro atoms. The fourth-order valence-electron chi connectivity index (χ4n) is 2.21. The predicted molar refractivity (Wildman–Crippen MR) is 79.3 cm³/mol. The summed E-state index contributed by atoms with van der Waals surface area (Å²) < 4.78 is 19.8. The number of rotatable bonds is 6. The first-order valence-corrected chi connectivity index (χ1v) is 6.91. The predicted octanol–water partition coefficient (Wildman–Crippen LogP) is 4.08. The molecule has 2 aromatic carbocycles. The monoisotopic (exact) mass is 273 g/mol. The van der Waals surface area contributed by atoms with Gasteiger partial charge >= 0.3 is 0 Å². The molecule has 0 fully saturated rings. The minimum atomic E-state index is -0.232. The Morgan fingerprint density at radius 3 is 2.55 bits per heavy atom. The van der Waals surface area contributed by atoms with Crippen LogP contribution in [0.15, 0.2) is 48.5 Å². The molecule has 2 nitrogen and oxygen atoms in total. The minimum absolute atomic E-state index is 0.0769. The first-order chi connectivity index (χ1) is 9.72. The van der Waals surface area contributed by atoms with Crippen molar-refractivity contribution in [3.63, 3.8) is 0 Å². The lowest BCUT2D eigenvalue weighted by atomic mass is 10.1. The van der Waals surface area contributed by atoms with Crippen molar-refractivity contribution >= 4 is 0 Å². The molecule has 20 heavy (non-hydrogen) atoms. The molecule has 2 aromatic rings. The van der Waals surface area contributed by atoms with Gasteiger partial charge in [0.15, 0.2) is 0 Å². The topological polar surface area (TPSA) is 21.3 Å². The second kappa shape index (κ2) is 7.06. The Kier molecular flexibility index (Phi) is 5.13. The van der Waals surface area contributed by atoms with Crippen LogP contribution in [0.5, 0.6) is 5.75 Å². The Labute approximate surface area is 119 Å². The third-order valence-corrected chi connectivity index (χ3v) is 3.19. The highest BCUT2D eigenvalue weighted by molar-refractivity contribution is 5.37. The molecular weight excluding hydrogens is 253 g/mol. The SMILES string of the molecule is CCNC(C)c1c(F)cccc1OCc1ccccc1. The van der Waals surface area contributed by atoms with Crippen LogP contribution >= 0.6 is 0 Å².